The molecular formula is C19H19N3O4. The second kappa shape index (κ2) is 7.31. The first-order chi connectivity index (χ1) is 12.6. The molecule has 0 spiro atoms. The zero-order valence-corrected chi connectivity index (χ0v) is 14.6. The van der Waals surface area contributed by atoms with E-state index in [-0.39, 0.29) is 11.7 Å². The molecule has 1 aliphatic heterocycles. The molecule has 1 heterocycles. The molecule has 0 unspecified atom stereocenters. The van der Waals surface area contributed by atoms with Crippen molar-refractivity contribution in [3.05, 3.63) is 57.6 Å². The van der Waals surface area contributed by atoms with Crippen molar-refractivity contribution in [2.45, 2.75) is 18.9 Å². The molecule has 3 rings (SSSR count). The lowest BCUT2D eigenvalue weighted by molar-refractivity contribution is -0.384. The second-order valence-corrected chi connectivity index (χ2v) is 6.03. The molecule has 0 radical (unpaired) electrons. The highest BCUT2D eigenvalue weighted by Crippen LogP contribution is 2.42. The number of hydrogen-bond donors (Lipinski definition) is 0. The third-order valence-electron chi connectivity index (χ3n) is 4.67. The molecule has 0 amide bonds. The van der Waals surface area contributed by atoms with E-state index < -0.39 is 4.92 Å². The van der Waals surface area contributed by atoms with E-state index in [0.29, 0.717) is 11.3 Å². The molecule has 1 saturated heterocycles. The lowest BCUT2D eigenvalue weighted by atomic mass is 10.0. The summed E-state index contributed by atoms with van der Waals surface area (Å²) < 4.78 is 10.9. The van der Waals surface area contributed by atoms with Gasteiger partial charge < -0.3 is 14.4 Å². The van der Waals surface area contributed by atoms with Gasteiger partial charge in [-0.15, -0.1) is 0 Å². The van der Waals surface area contributed by atoms with Crippen LogP contribution in [0.5, 0.6) is 11.5 Å². The Kier molecular flexibility index (Phi) is 4.94. The molecule has 0 N–H and O–H groups in total. The van der Waals surface area contributed by atoms with Crippen LogP contribution in [-0.2, 0) is 0 Å². The quantitative estimate of drug-likeness (QED) is 0.599. The van der Waals surface area contributed by atoms with E-state index in [1.54, 1.807) is 20.3 Å². The van der Waals surface area contributed by atoms with Crippen LogP contribution >= 0.6 is 0 Å². The Labute approximate surface area is 151 Å². The highest BCUT2D eigenvalue weighted by Gasteiger charge is 2.31. The molecule has 0 saturated carbocycles. The van der Waals surface area contributed by atoms with Gasteiger partial charge in [0, 0.05) is 24.2 Å². The number of rotatable bonds is 5. The van der Waals surface area contributed by atoms with Gasteiger partial charge in [-0.05, 0) is 37.1 Å². The van der Waals surface area contributed by atoms with Crippen molar-refractivity contribution in [1.29, 1.82) is 5.26 Å². The Bertz CT molecular complexity index is 876. The Morgan fingerprint density at radius 1 is 1.23 bits per heavy atom. The largest absolute Gasteiger partial charge is 0.497 e. The number of nitriles is 1. The van der Waals surface area contributed by atoms with Gasteiger partial charge in [0.25, 0.3) is 5.69 Å². The van der Waals surface area contributed by atoms with E-state index in [2.05, 4.69) is 11.0 Å². The van der Waals surface area contributed by atoms with Crippen LogP contribution in [-0.4, -0.2) is 25.7 Å². The maximum absolute atomic E-state index is 11.0. The number of nitrogens with zero attached hydrogens (tertiary/aromatic N) is 3. The van der Waals surface area contributed by atoms with Crippen molar-refractivity contribution in [3.63, 3.8) is 0 Å². The van der Waals surface area contributed by atoms with Crippen LogP contribution in [0.1, 0.15) is 30.0 Å². The van der Waals surface area contributed by atoms with Gasteiger partial charge in [-0.1, -0.05) is 0 Å². The maximum atomic E-state index is 11.0. The number of nitro benzene ring substituents is 1. The lowest BCUT2D eigenvalue weighted by Gasteiger charge is -2.29. The number of anilines is 1. The van der Waals surface area contributed by atoms with Gasteiger partial charge in [0.2, 0.25) is 0 Å². The van der Waals surface area contributed by atoms with Crippen LogP contribution in [0, 0.1) is 21.4 Å². The average molecular weight is 353 g/mol. The highest BCUT2D eigenvalue weighted by molar-refractivity contribution is 5.65. The predicted octanol–water partition coefficient (Wildman–Crippen LogP) is 3.83. The fourth-order valence-corrected chi connectivity index (χ4v) is 3.46. The Hall–Kier alpha value is -3.27. The first-order valence-corrected chi connectivity index (χ1v) is 8.26. The minimum atomic E-state index is -0.489. The number of nitro groups is 1. The van der Waals surface area contributed by atoms with Gasteiger partial charge >= 0.3 is 0 Å². The Balaban J connectivity index is 2.05. The summed E-state index contributed by atoms with van der Waals surface area (Å²) in [5.41, 5.74) is 1.89. The minimum Gasteiger partial charge on any atom is -0.497 e. The first-order valence-electron chi connectivity index (χ1n) is 8.26. The normalized spacial score (nSPS) is 16.2. The SMILES string of the molecule is COc1ccc(OC)c([C@H]2CCCN2c2ccc([N+](=O)[O-])cc2C#N)c1. The van der Waals surface area contributed by atoms with E-state index in [0.717, 1.165) is 36.4 Å². The van der Waals surface area contributed by atoms with Gasteiger partial charge in [-0.25, -0.2) is 0 Å². The summed E-state index contributed by atoms with van der Waals surface area (Å²) in [5.74, 6) is 1.49. The molecule has 7 nitrogen and oxygen atoms in total. The second-order valence-electron chi connectivity index (χ2n) is 6.03. The third-order valence-corrected chi connectivity index (χ3v) is 4.67. The molecule has 2 aromatic rings. The molecule has 2 aromatic carbocycles. The van der Waals surface area contributed by atoms with Crippen LogP contribution in [0.25, 0.3) is 0 Å². The fourth-order valence-electron chi connectivity index (χ4n) is 3.46. The molecule has 26 heavy (non-hydrogen) atoms. The summed E-state index contributed by atoms with van der Waals surface area (Å²) >= 11 is 0. The lowest BCUT2D eigenvalue weighted by Crippen LogP contribution is -2.24. The number of hydrogen-bond acceptors (Lipinski definition) is 6. The standard InChI is InChI=1S/C19H19N3O4/c1-25-15-6-8-19(26-2)16(11-15)18-4-3-9-21(18)17-7-5-14(22(23)24)10-13(17)12-20/h5-8,10-11,18H,3-4,9H2,1-2H3/t18-/m1/s1. The third kappa shape index (κ3) is 3.14. The number of non-ortho nitro benzene ring substituents is 1. The summed E-state index contributed by atoms with van der Waals surface area (Å²) in [6, 6.07) is 12.2. The molecule has 7 heteroatoms. The summed E-state index contributed by atoms with van der Waals surface area (Å²) in [7, 11) is 3.24. The fraction of sp³-hybridized carbons (Fsp3) is 0.316. The van der Waals surface area contributed by atoms with Crippen molar-refractivity contribution in [3.8, 4) is 17.6 Å². The van der Waals surface area contributed by atoms with Gasteiger partial charge in [0.1, 0.15) is 17.6 Å². The van der Waals surface area contributed by atoms with Crippen LogP contribution in [0.15, 0.2) is 36.4 Å². The zero-order chi connectivity index (χ0) is 18.7. The van der Waals surface area contributed by atoms with E-state index in [9.17, 15) is 15.4 Å². The molecule has 0 aliphatic carbocycles. The number of ether oxygens (including phenoxy) is 2. The summed E-state index contributed by atoms with van der Waals surface area (Å²) in [6.07, 6.45) is 1.85. The van der Waals surface area contributed by atoms with Crippen LogP contribution in [0.3, 0.4) is 0 Å². The summed E-state index contributed by atoms with van der Waals surface area (Å²) in [4.78, 5) is 12.6. The Morgan fingerprint density at radius 2 is 2.04 bits per heavy atom. The highest BCUT2D eigenvalue weighted by atomic mass is 16.6. The molecule has 0 bridgehead atoms. The van der Waals surface area contributed by atoms with Gasteiger partial charge in [-0.2, -0.15) is 5.26 Å². The smallest absolute Gasteiger partial charge is 0.270 e. The minimum absolute atomic E-state index is 0.00797. The van der Waals surface area contributed by atoms with E-state index >= 15 is 0 Å². The number of methoxy groups -OCH3 is 2. The molecule has 1 atom stereocenters. The first kappa shape index (κ1) is 17.5. The van der Waals surface area contributed by atoms with Gasteiger partial charge in [0.15, 0.2) is 0 Å². The van der Waals surface area contributed by atoms with Crippen LogP contribution in [0.4, 0.5) is 11.4 Å². The summed E-state index contributed by atoms with van der Waals surface area (Å²) in [5, 5.41) is 20.5. The van der Waals surface area contributed by atoms with E-state index in [4.69, 9.17) is 9.47 Å². The molecule has 0 aromatic heterocycles. The van der Waals surface area contributed by atoms with Crippen LogP contribution in [0.2, 0.25) is 0 Å². The molecular weight excluding hydrogens is 334 g/mol. The Morgan fingerprint density at radius 3 is 2.69 bits per heavy atom. The molecule has 134 valence electrons. The summed E-state index contributed by atoms with van der Waals surface area (Å²) in [6.45, 7) is 0.761. The molecule has 1 aliphatic rings. The number of benzene rings is 2. The van der Waals surface area contributed by atoms with Crippen molar-refractivity contribution >= 4 is 11.4 Å². The van der Waals surface area contributed by atoms with E-state index in [1.165, 1.54) is 12.1 Å². The van der Waals surface area contributed by atoms with Crippen molar-refractivity contribution < 1.29 is 14.4 Å². The average Bonchev–Trinajstić information content (AvgIpc) is 3.16. The molecule has 1 fully saturated rings. The van der Waals surface area contributed by atoms with Crippen molar-refractivity contribution in [2.24, 2.45) is 0 Å². The predicted molar refractivity (Wildman–Crippen MR) is 96.7 cm³/mol. The van der Waals surface area contributed by atoms with Gasteiger partial charge in [-0.3, -0.25) is 10.1 Å². The van der Waals surface area contributed by atoms with Crippen molar-refractivity contribution in [1.82, 2.24) is 0 Å². The van der Waals surface area contributed by atoms with E-state index in [1.807, 2.05) is 18.2 Å². The monoisotopic (exact) mass is 353 g/mol. The van der Waals surface area contributed by atoms with Crippen LogP contribution < -0.4 is 14.4 Å². The van der Waals surface area contributed by atoms with Crippen molar-refractivity contribution in [2.75, 3.05) is 25.7 Å². The maximum Gasteiger partial charge on any atom is 0.270 e. The zero-order valence-electron chi connectivity index (χ0n) is 14.6. The topological polar surface area (TPSA) is 88.6 Å². The van der Waals surface area contributed by atoms with Gasteiger partial charge in [0.05, 0.1) is 36.4 Å².